The maximum Gasteiger partial charge on any atom is 0.204 e. The minimum Gasteiger partial charge on any atom is -0.490 e. The van der Waals surface area contributed by atoms with Crippen molar-refractivity contribution in [1.82, 2.24) is 0 Å². The largest absolute Gasteiger partial charge is 0.490 e. The number of ketones is 2. The number of carbonyl (C=O) groups is 2. The van der Waals surface area contributed by atoms with Crippen LogP contribution >= 0.6 is 0 Å². The fourth-order valence-electron chi connectivity index (χ4n) is 13.1. The number of hydrogen-bond donors (Lipinski definition) is 0. The van der Waals surface area contributed by atoms with Gasteiger partial charge in [-0.3, -0.25) is 9.59 Å². The molecule has 0 aliphatic heterocycles. The van der Waals surface area contributed by atoms with Crippen molar-refractivity contribution in [3.63, 3.8) is 0 Å². The molecule has 0 bridgehead atoms. The highest BCUT2D eigenvalue weighted by Gasteiger charge is 2.41. The van der Waals surface area contributed by atoms with Gasteiger partial charge in [-0.25, -0.2) is 0 Å². The van der Waals surface area contributed by atoms with Crippen molar-refractivity contribution in [1.29, 1.82) is 0 Å². The van der Waals surface area contributed by atoms with E-state index >= 15 is 9.59 Å². The van der Waals surface area contributed by atoms with Gasteiger partial charge in [0.15, 0.2) is 34.6 Å². The summed E-state index contributed by atoms with van der Waals surface area (Å²) < 4.78 is 41.6. The summed E-state index contributed by atoms with van der Waals surface area (Å²) in [5.41, 5.74) is 2.62. The Morgan fingerprint density at radius 2 is 0.511 bits per heavy atom. The zero-order chi connectivity index (χ0) is 64.5. The van der Waals surface area contributed by atoms with Gasteiger partial charge in [0.1, 0.15) is 13.2 Å². The monoisotopic (exact) mass is 1260 g/mol. The lowest BCUT2D eigenvalue weighted by Crippen LogP contribution is -2.25. The second-order valence-corrected chi connectivity index (χ2v) is 26.6. The van der Waals surface area contributed by atoms with Crippen molar-refractivity contribution < 1.29 is 38.0 Å². The molecular formula is C84H120O8. The third kappa shape index (κ3) is 25.0. The molecule has 0 N–H and O–H groups in total. The van der Waals surface area contributed by atoms with Gasteiger partial charge in [0.2, 0.25) is 11.5 Å². The molecule has 92 heavy (non-hydrogen) atoms. The van der Waals surface area contributed by atoms with Crippen molar-refractivity contribution >= 4 is 33.1 Å². The van der Waals surface area contributed by atoms with E-state index in [0.717, 1.165) is 110 Å². The van der Waals surface area contributed by atoms with Gasteiger partial charge in [-0.15, -0.1) is 0 Å². The number of unbranched alkanes of at least 4 members (excludes halogenated alkanes) is 36. The van der Waals surface area contributed by atoms with E-state index in [-0.39, 0.29) is 58.5 Å². The minimum absolute atomic E-state index is 0.140. The predicted octanol–water partition coefficient (Wildman–Crippen LogP) is 25.1. The number of fused-ring (bicyclic) bond motifs is 4. The molecule has 0 atom stereocenters. The van der Waals surface area contributed by atoms with Crippen LogP contribution in [0.2, 0.25) is 0 Å². The van der Waals surface area contributed by atoms with Gasteiger partial charge in [-0.1, -0.05) is 332 Å². The van der Waals surface area contributed by atoms with Gasteiger partial charge in [0.25, 0.3) is 0 Å². The molecule has 0 aromatic heterocycles. The first-order valence-electron chi connectivity index (χ1n) is 37.7. The molecule has 0 heterocycles. The van der Waals surface area contributed by atoms with E-state index in [0.29, 0.717) is 49.4 Å². The average Bonchev–Trinajstić information content (AvgIpc) is 0.728. The van der Waals surface area contributed by atoms with Crippen LogP contribution in [-0.2, 0) is 13.2 Å². The Hall–Kier alpha value is -6.02. The van der Waals surface area contributed by atoms with Crippen LogP contribution in [0.1, 0.15) is 327 Å². The summed E-state index contributed by atoms with van der Waals surface area (Å²) >= 11 is 0. The zero-order valence-corrected chi connectivity index (χ0v) is 58.0. The highest BCUT2D eigenvalue weighted by atomic mass is 16.5. The van der Waals surface area contributed by atoms with Crippen LogP contribution in [-0.4, -0.2) is 38.0 Å². The highest BCUT2D eigenvalue weighted by Crippen LogP contribution is 2.51. The normalized spacial score (nSPS) is 12.0. The zero-order valence-electron chi connectivity index (χ0n) is 58.0. The first kappa shape index (κ1) is 73.4. The van der Waals surface area contributed by atoms with E-state index in [1.54, 1.807) is 12.1 Å². The third-order valence-corrected chi connectivity index (χ3v) is 18.7. The Bertz CT molecular complexity index is 2830. The maximum absolute atomic E-state index is 16.1. The van der Waals surface area contributed by atoms with Crippen LogP contribution in [0.15, 0.2) is 97.1 Å². The molecule has 8 nitrogen and oxygen atoms in total. The van der Waals surface area contributed by atoms with Crippen LogP contribution in [0, 0.1) is 0 Å². The Balaban J connectivity index is 1.25. The van der Waals surface area contributed by atoms with Crippen LogP contribution in [0.5, 0.6) is 34.5 Å². The Labute approximate surface area is 557 Å². The van der Waals surface area contributed by atoms with Crippen molar-refractivity contribution in [3.05, 3.63) is 130 Å². The molecule has 0 saturated carbocycles. The Morgan fingerprint density at radius 1 is 0.250 bits per heavy atom. The van der Waals surface area contributed by atoms with Crippen LogP contribution in [0.25, 0.3) is 21.5 Å². The molecule has 1 aliphatic carbocycles. The predicted molar refractivity (Wildman–Crippen MR) is 386 cm³/mol. The van der Waals surface area contributed by atoms with E-state index in [1.165, 1.54) is 180 Å². The number of rotatable bonds is 54. The summed E-state index contributed by atoms with van der Waals surface area (Å²) in [6.45, 7) is 11.1. The average molecular weight is 1260 g/mol. The molecule has 0 amide bonds. The molecule has 6 aromatic rings. The highest BCUT2D eigenvalue weighted by molar-refractivity contribution is 6.31. The molecule has 1 aliphatic rings. The van der Waals surface area contributed by atoms with Crippen molar-refractivity contribution in [2.75, 3.05) is 26.4 Å². The molecule has 6 aromatic carbocycles. The number of benzene rings is 6. The first-order chi connectivity index (χ1) is 45.4. The summed E-state index contributed by atoms with van der Waals surface area (Å²) in [5, 5.41) is 4.44. The van der Waals surface area contributed by atoms with Crippen LogP contribution in [0.3, 0.4) is 0 Å². The van der Waals surface area contributed by atoms with Crippen molar-refractivity contribution in [2.45, 2.75) is 298 Å². The van der Waals surface area contributed by atoms with Gasteiger partial charge < -0.3 is 28.4 Å². The topological polar surface area (TPSA) is 89.5 Å². The smallest absolute Gasteiger partial charge is 0.204 e. The number of hydrogen-bond acceptors (Lipinski definition) is 8. The fraction of sp³-hybridized carbons (Fsp3) is 0.595. The standard InChI is InChI=1S/C84H120O8/c1-5-9-13-17-21-25-29-33-37-45-57-87-75-63-73-77(83(91-65-67-53-55-69-49-41-43-51-71(69)61-67)81(75)89-59-47-39-35-31-27-23-19-15-11-7-3)80(86)74-64-76(88-58-46-38-34-30-26-22-18-14-10-6-2)82(90-60-48-40-36-32-28-24-20-16-12-8-4)84(78(74)79(73)85)92-66-68-54-56-70-50-42-44-52-72(70)62-68/h41-44,49-56,61-64H,5-40,45-48,57-60,65-66H2,1-4H3. The quantitative estimate of drug-likeness (QED) is 0.0348. The summed E-state index contributed by atoms with van der Waals surface area (Å²) in [7, 11) is 0. The molecule has 0 spiro atoms. The first-order valence-corrected chi connectivity index (χ1v) is 37.7. The second kappa shape index (κ2) is 44.6. The Morgan fingerprint density at radius 3 is 0.804 bits per heavy atom. The van der Waals surface area contributed by atoms with E-state index in [1.807, 2.05) is 24.3 Å². The summed E-state index contributed by atoms with van der Waals surface area (Å²) in [6.07, 6.45) is 48.0. The molecule has 0 radical (unpaired) electrons. The summed E-state index contributed by atoms with van der Waals surface area (Å²) in [4.78, 5) is 32.2. The molecular weight excluding hydrogens is 1140 g/mol. The van der Waals surface area contributed by atoms with Crippen molar-refractivity contribution in [2.24, 2.45) is 0 Å². The summed E-state index contributed by atoms with van der Waals surface area (Å²) in [6, 6.07) is 32.8. The third-order valence-electron chi connectivity index (χ3n) is 18.7. The SMILES string of the molecule is CCCCCCCCCCCCOc1cc2c(c(OCc3ccc4ccccc4c3)c1OCCCCCCCCCCCC)C(=O)c1cc(OCCCCCCCCCCCC)c(OCCCCCCCCCCCC)c(OCc3ccc4ccccc4c3)c1C2=O. The summed E-state index contributed by atoms with van der Waals surface area (Å²) in [5.74, 6) is 1.34. The maximum atomic E-state index is 16.1. The lowest BCUT2D eigenvalue weighted by Gasteiger charge is -2.27. The molecule has 8 heteroatoms. The molecule has 504 valence electrons. The van der Waals surface area contributed by atoms with E-state index in [2.05, 4.69) is 88.4 Å². The van der Waals surface area contributed by atoms with Gasteiger partial charge >= 0.3 is 0 Å². The lowest BCUT2D eigenvalue weighted by atomic mass is 9.82. The Kier molecular flexibility index (Phi) is 35.5. The number of carbonyl (C=O) groups excluding carboxylic acids is 2. The van der Waals surface area contributed by atoms with Crippen LogP contribution in [0.4, 0.5) is 0 Å². The van der Waals surface area contributed by atoms with E-state index in [4.69, 9.17) is 28.4 Å². The molecule has 0 unspecified atom stereocenters. The van der Waals surface area contributed by atoms with Crippen LogP contribution < -0.4 is 28.4 Å². The van der Waals surface area contributed by atoms with Crippen molar-refractivity contribution in [3.8, 4) is 34.5 Å². The number of ether oxygens (including phenoxy) is 6. The van der Waals surface area contributed by atoms with E-state index < -0.39 is 0 Å². The molecule has 0 fully saturated rings. The minimum atomic E-state index is -0.353. The van der Waals surface area contributed by atoms with E-state index in [9.17, 15) is 0 Å². The fourth-order valence-corrected chi connectivity index (χ4v) is 13.1. The van der Waals surface area contributed by atoms with Gasteiger partial charge in [-0.05, 0) is 82.6 Å². The lowest BCUT2D eigenvalue weighted by molar-refractivity contribution is 0.0967. The van der Waals surface area contributed by atoms with Gasteiger partial charge in [-0.2, -0.15) is 0 Å². The second-order valence-electron chi connectivity index (χ2n) is 26.6. The van der Waals surface area contributed by atoms with Gasteiger partial charge in [0.05, 0.1) is 37.6 Å². The molecule has 0 saturated heterocycles. The van der Waals surface area contributed by atoms with Gasteiger partial charge in [0, 0.05) is 11.1 Å². The molecule has 7 rings (SSSR count).